The molecule has 0 bridgehead atoms. The van der Waals surface area contributed by atoms with Crippen LogP contribution in [-0.4, -0.2) is 54.7 Å². The van der Waals surface area contributed by atoms with Crippen LogP contribution in [0.5, 0.6) is 0 Å². The maximum atomic E-state index is 12.8. The summed E-state index contributed by atoms with van der Waals surface area (Å²) in [6.45, 7) is 2.69. The molecule has 1 atom stereocenters. The van der Waals surface area contributed by atoms with Gasteiger partial charge in [0.05, 0.1) is 16.3 Å². The molecule has 2 aromatic rings. The molecule has 0 N–H and O–H groups in total. The van der Waals surface area contributed by atoms with Gasteiger partial charge >= 0.3 is 0 Å². The Bertz CT molecular complexity index is 921. The predicted octanol–water partition coefficient (Wildman–Crippen LogP) is 3.27. The summed E-state index contributed by atoms with van der Waals surface area (Å²) in [4.78, 5) is 19.4. The highest BCUT2D eigenvalue weighted by Gasteiger charge is 2.27. The fourth-order valence-corrected chi connectivity index (χ4v) is 6.45. The van der Waals surface area contributed by atoms with Gasteiger partial charge in [0.25, 0.3) is 0 Å². The molecule has 2 fully saturated rings. The Hall–Kier alpha value is -1.77. The second-order valence-corrected chi connectivity index (χ2v) is 10.7. The molecule has 156 valence electrons. The van der Waals surface area contributed by atoms with Crippen molar-refractivity contribution in [2.75, 3.05) is 26.2 Å². The minimum atomic E-state index is -3.43. The Labute approximate surface area is 176 Å². The normalized spacial score (nSPS) is 21.2. The molecule has 2 aliphatic rings. The largest absolute Gasteiger partial charge is 0.342 e. The van der Waals surface area contributed by atoms with E-state index < -0.39 is 10.0 Å². The van der Waals surface area contributed by atoms with Crippen molar-refractivity contribution < 1.29 is 13.2 Å². The first-order valence-electron chi connectivity index (χ1n) is 10.3. The number of hydrogen-bond acceptors (Lipinski definition) is 5. The Kier molecular flexibility index (Phi) is 6.32. The van der Waals surface area contributed by atoms with Gasteiger partial charge < -0.3 is 4.90 Å². The van der Waals surface area contributed by atoms with Crippen molar-refractivity contribution in [1.82, 2.24) is 14.2 Å². The number of likely N-dealkylation sites (tertiary alicyclic amines) is 1. The van der Waals surface area contributed by atoms with E-state index in [0.717, 1.165) is 49.2 Å². The van der Waals surface area contributed by atoms with Gasteiger partial charge in [-0.1, -0.05) is 18.6 Å². The average Bonchev–Trinajstić information content (AvgIpc) is 3.30. The van der Waals surface area contributed by atoms with Crippen molar-refractivity contribution in [2.45, 2.75) is 49.3 Å². The summed E-state index contributed by atoms with van der Waals surface area (Å²) in [7, 11) is -3.43. The lowest BCUT2D eigenvalue weighted by atomic mass is 9.98. The fourth-order valence-electron chi connectivity index (χ4n) is 4.16. The minimum Gasteiger partial charge on any atom is -0.342 e. The van der Waals surface area contributed by atoms with Gasteiger partial charge in [-0.15, -0.1) is 11.3 Å². The summed E-state index contributed by atoms with van der Waals surface area (Å²) in [6, 6.07) is 6.83. The van der Waals surface area contributed by atoms with E-state index >= 15 is 0 Å². The first-order chi connectivity index (χ1) is 14.0. The lowest BCUT2D eigenvalue weighted by Crippen LogP contribution is -2.39. The van der Waals surface area contributed by atoms with Crippen molar-refractivity contribution in [3.05, 3.63) is 46.4 Å². The van der Waals surface area contributed by atoms with Crippen molar-refractivity contribution in [3.8, 4) is 0 Å². The van der Waals surface area contributed by atoms with Crippen molar-refractivity contribution in [1.29, 1.82) is 0 Å². The van der Waals surface area contributed by atoms with Gasteiger partial charge in [-0.05, 0) is 43.4 Å². The van der Waals surface area contributed by atoms with E-state index in [1.54, 1.807) is 39.9 Å². The van der Waals surface area contributed by atoms with Gasteiger partial charge in [0, 0.05) is 43.7 Å². The van der Waals surface area contributed by atoms with Crippen LogP contribution in [0.15, 0.2) is 40.7 Å². The van der Waals surface area contributed by atoms with Crippen molar-refractivity contribution >= 4 is 27.3 Å². The van der Waals surface area contributed by atoms with Crippen LogP contribution in [0.3, 0.4) is 0 Å². The first-order valence-corrected chi connectivity index (χ1v) is 12.6. The number of benzene rings is 1. The van der Waals surface area contributed by atoms with Gasteiger partial charge in [-0.2, -0.15) is 4.31 Å². The summed E-state index contributed by atoms with van der Waals surface area (Å²) in [5.74, 6) is 0.419. The number of nitrogens with zero attached hydrogens (tertiary/aromatic N) is 3. The Balaban J connectivity index is 1.39. The number of carbonyl (C=O) groups is 1. The van der Waals surface area contributed by atoms with Crippen LogP contribution in [0.1, 0.15) is 48.6 Å². The van der Waals surface area contributed by atoms with Crippen LogP contribution < -0.4 is 0 Å². The quantitative estimate of drug-likeness (QED) is 0.726. The Morgan fingerprint density at radius 1 is 1.07 bits per heavy atom. The molecule has 8 heteroatoms. The third-order valence-corrected chi connectivity index (χ3v) is 8.66. The Morgan fingerprint density at radius 2 is 1.83 bits per heavy atom. The van der Waals surface area contributed by atoms with Gasteiger partial charge in [0.2, 0.25) is 15.9 Å². The van der Waals surface area contributed by atoms with Crippen LogP contribution in [0.25, 0.3) is 0 Å². The number of rotatable bonds is 5. The van der Waals surface area contributed by atoms with Gasteiger partial charge in [-0.25, -0.2) is 13.4 Å². The summed E-state index contributed by atoms with van der Waals surface area (Å²) in [6.07, 6.45) is 7.11. The molecule has 1 aromatic heterocycles. The van der Waals surface area contributed by atoms with Gasteiger partial charge in [0.1, 0.15) is 0 Å². The molecule has 6 nitrogen and oxygen atoms in total. The zero-order valence-corrected chi connectivity index (χ0v) is 18.1. The minimum absolute atomic E-state index is 0.0953. The van der Waals surface area contributed by atoms with Crippen LogP contribution in [0.4, 0.5) is 0 Å². The molecule has 1 unspecified atom stereocenters. The monoisotopic (exact) mass is 433 g/mol. The molecule has 3 heterocycles. The van der Waals surface area contributed by atoms with E-state index in [1.165, 1.54) is 0 Å². The summed E-state index contributed by atoms with van der Waals surface area (Å²) in [5.41, 5.74) is 0.851. The second-order valence-electron chi connectivity index (χ2n) is 7.83. The third kappa shape index (κ3) is 4.70. The number of amides is 1. The lowest BCUT2D eigenvalue weighted by molar-refractivity contribution is -0.131. The van der Waals surface area contributed by atoms with E-state index in [0.29, 0.717) is 36.9 Å². The molecule has 0 radical (unpaired) electrons. The number of thiazole rings is 1. The molecule has 2 aliphatic heterocycles. The van der Waals surface area contributed by atoms with Crippen LogP contribution in [0.2, 0.25) is 0 Å². The maximum Gasteiger partial charge on any atom is 0.243 e. The van der Waals surface area contributed by atoms with Gasteiger partial charge in [-0.3, -0.25) is 4.79 Å². The number of piperidine rings is 2. The van der Waals surface area contributed by atoms with E-state index in [1.807, 2.05) is 16.5 Å². The summed E-state index contributed by atoms with van der Waals surface area (Å²) < 4.78 is 27.1. The van der Waals surface area contributed by atoms with Crippen LogP contribution in [-0.2, 0) is 21.2 Å². The zero-order valence-electron chi connectivity index (χ0n) is 16.5. The molecule has 1 amide bonds. The highest BCUT2D eigenvalue weighted by Crippen LogP contribution is 2.28. The molecule has 2 saturated heterocycles. The molecule has 4 rings (SSSR count). The molecule has 0 saturated carbocycles. The first kappa shape index (κ1) is 20.5. The van der Waals surface area contributed by atoms with E-state index in [-0.39, 0.29) is 5.91 Å². The topological polar surface area (TPSA) is 70.6 Å². The highest BCUT2D eigenvalue weighted by atomic mass is 32.2. The molecular formula is C21H27N3O3S2. The second kappa shape index (κ2) is 8.93. The number of hydrogen-bond donors (Lipinski definition) is 0. The van der Waals surface area contributed by atoms with Crippen molar-refractivity contribution in [3.63, 3.8) is 0 Å². The summed E-state index contributed by atoms with van der Waals surface area (Å²) >= 11 is 1.65. The molecule has 0 spiro atoms. The van der Waals surface area contributed by atoms with Crippen LogP contribution in [0, 0.1) is 0 Å². The van der Waals surface area contributed by atoms with E-state index in [2.05, 4.69) is 4.98 Å². The number of carbonyl (C=O) groups excluding carboxylic acids is 1. The fraction of sp³-hybridized carbons (Fsp3) is 0.524. The number of sulfonamides is 1. The van der Waals surface area contributed by atoms with E-state index in [4.69, 9.17) is 0 Å². The average molecular weight is 434 g/mol. The SMILES string of the molecule is O=C(Cc1ccc(S(=O)(=O)N2CCCCC2)cc1)N1CCCC(c2nccs2)C1. The maximum absolute atomic E-state index is 12.8. The summed E-state index contributed by atoms with van der Waals surface area (Å²) in [5, 5.41) is 3.09. The zero-order chi connectivity index (χ0) is 20.3. The highest BCUT2D eigenvalue weighted by molar-refractivity contribution is 7.89. The van der Waals surface area contributed by atoms with Crippen molar-refractivity contribution in [2.24, 2.45) is 0 Å². The van der Waals surface area contributed by atoms with Crippen LogP contribution >= 0.6 is 11.3 Å². The molecule has 0 aliphatic carbocycles. The lowest BCUT2D eigenvalue weighted by Gasteiger charge is -2.32. The number of aromatic nitrogens is 1. The standard InChI is InChI=1S/C21H27N3O3S2/c25-20(23-11-4-5-18(16-23)21-22-10-14-28-21)15-17-6-8-19(9-7-17)29(26,27)24-12-2-1-3-13-24/h6-10,14,18H,1-5,11-13,15-16H2. The smallest absolute Gasteiger partial charge is 0.243 e. The Morgan fingerprint density at radius 3 is 2.52 bits per heavy atom. The predicted molar refractivity (Wildman–Crippen MR) is 113 cm³/mol. The third-order valence-electron chi connectivity index (χ3n) is 5.81. The van der Waals surface area contributed by atoms with E-state index in [9.17, 15) is 13.2 Å². The molecule has 29 heavy (non-hydrogen) atoms. The molecule has 1 aromatic carbocycles. The molecular weight excluding hydrogens is 406 g/mol. The van der Waals surface area contributed by atoms with Gasteiger partial charge in [0.15, 0.2) is 0 Å².